The number of H-pyrrole nitrogens is 1. The maximum Gasteiger partial charge on any atom is 0.137 e. The molecule has 158 valence electrons. The van der Waals surface area contributed by atoms with Gasteiger partial charge < -0.3 is 10.1 Å². The molecule has 2 aliphatic heterocycles. The fourth-order valence-corrected chi connectivity index (χ4v) is 5.70. The number of piperidine rings is 1. The molecule has 0 amide bonds. The second-order valence-corrected chi connectivity index (χ2v) is 10.1. The second kappa shape index (κ2) is 6.89. The minimum absolute atomic E-state index is 0.0151. The third kappa shape index (κ3) is 3.15. The smallest absolute Gasteiger partial charge is 0.137 e. The van der Waals surface area contributed by atoms with E-state index in [-0.39, 0.29) is 23.3 Å². The van der Waals surface area contributed by atoms with E-state index in [1.54, 1.807) is 12.1 Å². The Labute approximate surface area is 177 Å². The molecule has 4 heterocycles. The van der Waals surface area contributed by atoms with E-state index >= 15 is 0 Å². The summed E-state index contributed by atoms with van der Waals surface area (Å²) < 4.78 is 14.5. The van der Waals surface area contributed by atoms with Crippen molar-refractivity contribution in [2.45, 2.75) is 76.1 Å². The Kier molecular flexibility index (Phi) is 4.53. The van der Waals surface area contributed by atoms with Gasteiger partial charge in [-0.3, -0.25) is 4.90 Å². The van der Waals surface area contributed by atoms with Crippen LogP contribution >= 0.6 is 0 Å². The molecule has 30 heavy (non-hydrogen) atoms. The number of aromatic amines is 1. The Hall–Kier alpha value is -2.24. The average Bonchev–Trinajstić information content (AvgIpc) is 3.18. The number of fused-ring (bicyclic) bond motifs is 3. The Morgan fingerprint density at radius 2 is 1.83 bits per heavy atom. The van der Waals surface area contributed by atoms with Crippen LogP contribution in [0.4, 0.5) is 4.39 Å². The minimum Gasteiger partial charge on any atom is -0.385 e. The zero-order chi connectivity index (χ0) is 21.1. The van der Waals surface area contributed by atoms with Crippen molar-refractivity contribution in [2.75, 3.05) is 0 Å². The molecule has 5 rings (SSSR count). The van der Waals surface area contributed by atoms with E-state index in [0.717, 1.165) is 25.0 Å². The van der Waals surface area contributed by atoms with Crippen LogP contribution in [-0.2, 0) is 17.6 Å². The molecule has 2 aromatic heterocycles. The van der Waals surface area contributed by atoms with Gasteiger partial charge in [-0.05, 0) is 49.4 Å². The average molecular weight is 408 g/mol. The molecule has 0 saturated carbocycles. The predicted octanol–water partition coefficient (Wildman–Crippen LogP) is 5.01. The van der Waals surface area contributed by atoms with Crippen molar-refractivity contribution in [2.24, 2.45) is 0 Å². The van der Waals surface area contributed by atoms with Crippen molar-refractivity contribution < 1.29 is 9.50 Å². The Morgan fingerprint density at radius 1 is 1.13 bits per heavy atom. The number of aromatic nitrogens is 2. The molecule has 2 saturated heterocycles. The molecular formula is C25H30FN3O. The van der Waals surface area contributed by atoms with Gasteiger partial charge in [0.1, 0.15) is 11.5 Å². The van der Waals surface area contributed by atoms with E-state index in [0.29, 0.717) is 18.4 Å². The van der Waals surface area contributed by atoms with Gasteiger partial charge in [0, 0.05) is 46.9 Å². The summed E-state index contributed by atoms with van der Waals surface area (Å²) in [5, 5.41) is 12.6. The standard InChI is InChI=1S/C25H30FN3O/c1-24(2,3)22-19(18-7-6-12-27-23(18)28-22)15-29-16-10-11-17(29)14-25(30,13-16)20-8-4-5-9-21(20)26/h4-9,12,16-17,30H,10-11,13-15H2,1-3H3,(H,27,28). The number of benzene rings is 1. The summed E-state index contributed by atoms with van der Waals surface area (Å²) in [6.07, 6.45) is 5.08. The van der Waals surface area contributed by atoms with Crippen molar-refractivity contribution in [3.8, 4) is 0 Å². The first-order valence-electron chi connectivity index (χ1n) is 11.0. The molecule has 2 aliphatic rings. The molecule has 5 heteroatoms. The number of pyridine rings is 1. The highest BCUT2D eigenvalue weighted by atomic mass is 19.1. The third-order valence-corrected chi connectivity index (χ3v) is 7.06. The molecule has 2 N–H and O–H groups in total. The maximum absolute atomic E-state index is 14.5. The summed E-state index contributed by atoms with van der Waals surface area (Å²) >= 11 is 0. The molecule has 0 spiro atoms. The highest BCUT2D eigenvalue weighted by Crippen LogP contribution is 2.47. The lowest BCUT2D eigenvalue weighted by molar-refractivity contribution is -0.0615. The maximum atomic E-state index is 14.5. The first-order valence-corrected chi connectivity index (χ1v) is 11.0. The van der Waals surface area contributed by atoms with Crippen LogP contribution in [0.5, 0.6) is 0 Å². The molecule has 0 radical (unpaired) electrons. The summed E-state index contributed by atoms with van der Waals surface area (Å²) in [7, 11) is 0. The van der Waals surface area contributed by atoms with E-state index in [1.165, 1.54) is 22.7 Å². The number of nitrogens with zero attached hydrogens (tertiary/aromatic N) is 2. The third-order valence-electron chi connectivity index (χ3n) is 7.06. The highest BCUT2D eigenvalue weighted by molar-refractivity contribution is 5.81. The lowest BCUT2D eigenvalue weighted by Gasteiger charge is -2.44. The topological polar surface area (TPSA) is 52.2 Å². The van der Waals surface area contributed by atoms with Crippen molar-refractivity contribution >= 4 is 11.0 Å². The molecule has 1 aromatic carbocycles. The number of nitrogens with one attached hydrogen (secondary N) is 1. The Balaban J connectivity index is 1.48. The van der Waals surface area contributed by atoms with Crippen molar-refractivity contribution in [1.82, 2.24) is 14.9 Å². The summed E-state index contributed by atoms with van der Waals surface area (Å²) in [6.45, 7) is 7.51. The van der Waals surface area contributed by atoms with Crippen LogP contribution in [0.3, 0.4) is 0 Å². The first kappa shape index (κ1) is 19.7. The van der Waals surface area contributed by atoms with E-state index in [1.807, 2.05) is 18.3 Å². The summed E-state index contributed by atoms with van der Waals surface area (Å²) in [5.41, 5.74) is 2.82. The molecule has 2 atom stereocenters. The van der Waals surface area contributed by atoms with Crippen LogP contribution < -0.4 is 0 Å². The second-order valence-electron chi connectivity index (χ2n) is 10.1. The van der Waals surface area contributed by atoms with Crippen LogP contribution in [0, 0.1) is 5.82 Å². The van der Waals surface area contributed by atoms with Gasteiger partial charge in [-0.2, -0.15) is 0 Å². The zero-order valence-corrected chi connectivity index (χ0v) is 18.0. The van der Waals surface area contributed by atoms with Gasteiger partial charge >= 0.3 is 0 Å². The van der Waals surface area contributed by atoms with Crippen LogP contribution in [0.1, 0.15) is 63.3 Å². The van der Waals surface area contributed by atoms with Crippen LogP contribution in [0.15, 0.2) is 42.6 Å². The Morgan fingerprint density at radius 3 is 2.50 bits per heavy atom. The van der Waals surface area contributed by atoms with Crippen LogP contribution in [0.25, 0.3) is 11.0 Å². The van der Waals surface area contributed by atoms with E-state index in [4.69, 9.17) is 0 Å². The van der Waals surface area contributed by atoms with Crippen molar-refractivity contribution in [3.05, 3.63) is 65.2 Å². The number of aliphatic hydroxyl groups is 1. The lowest BCUT2D eigenvalue weighted by Crippen LogP contribution is -2.49. The summed E-state index contributed by atoms with van der Waals surface area (Å²) in [4.78, 5) is 10.6. The van der Waals surface area contributed by atoms with Crippen molar-refractivity contribution in [3.63, 3.8) is 0 Å². The van der Waals surface area contributed by atoms with Crippen molar-refractivity contribution in [1.29, 1.82) is 0 Å². The van der Waals surface area contributed by atoms with Gasteiger partial charge in [0.2, 0.25) is 0 Å². The fraction of sp³-hybridized carbons (Fsp3) is 0.480. The summed E-state index contributed by atoms with van der Waals surface area (Å²) in [6, 6.07) is 11.3. The highest BCUT2D eigenvalue weighted by Gasteiger charge is 2.49. The zero-order valence-electron chi connectivity index (χ0n) is 18.0. The van der Waals surface area contributed by atoms with Gasteiger partial charge in [0.15, 0.2) is 0 Å². The summed E-state index contributed by atoms with van der Waals surface area (Å²) in [5.74, 6) is -0.300. The molecule has 2 unspecified atom stereocenters. The quantitative estimate of drug-likeness (QED) is 0.641. The molecule has 2 fully saturated rings. The largest absolute Gasteiger partial charge is 0.385 e. The van der Waals surface area contributed by atoms with E-state index < -0.39 is 5.60 Å². The first-order chi connectivity index (χ1) is 14.3. The minimum atomic E-state index is -1.08. The molecule has 4 nitrogen and oxygen atoms in total. The molecule has 3 aromatic rings. The number of rotatable bonds is 3. The SMILES string of the molecule is CC(C)(C)c1[nH]c2ncccc2c1CN1C2CCC1CC(O)(c1ccccc1F)C2. The van der Waals surface area contributed by atoms with Gasteiger partial charge in [-0.25, -0.2) is 9.37 Å². The van der Waals surface area contributed by atoms with E-state index in [9.17, 15) is 9.50 Å². The van der Waals surface area contributed by atoms with E-state index in [2.05, 4.69) is 41.7 Å². The van der Waals surface area contributed by atoms with Gasteiger partial charge in [-0.1, -0.05) is 39.0 Å². The molecule has 2 bridgehead atoms. The van der Waals surface area contributed by atoms with Crippen LogP contribution in [-0.4, -0.2) is 32.1 Å². The Bertz CT molecular complexity index is 1070. The lowest BCUT2D eigenvalue weighted by atomic mass is 9.80. The van der Waals surface area contributed by atoms with Gasteiger partial charge in [0.05, 0.1) is 5.60 Å². The number of hydrogen-bond donors (Lipinski definition) is 2. The monoisotopic (exact) mass is 407 g/mol. The normalized spacial score (nSPS) is 27.1. The predicted molar refractivity (Wildman–Crippen MR) is 117 cm³/mol. The fourth-order valence-electron chi connectivity index (χ4n) is 5.70. The van der Waals surface area contributed by atoms with Gasteiger partial charge in [0.25, 0.3) is 0 Å². The number of halogens is 1. The molecular weight excluding hydrogens is 377 g/mol. The number of hydrogen-bond acceptors (Lipinski definition) is 3. The molecule has 0 aliphatic carbocycles. The van der Waals surface area contributed by atoms with Gasteiger partial charge in [-0.15, -0.1) is 0 Å². The van der Waals surface area contributed by atoms with Crippen LogP contribution in [0.2, 0.25) is 0 Å².